The number of hydrogen-bond donors (Lipinski definition) is 1. The van der Waals surface area contributed by atoms with Crippen molar-refractivity contribution in [2.24, 2.45) is 0 Å². The molecule has 0 spiro atoms. The number of imidazole rings is 1. The maximum atomic E-state index is 12.5. The van der Waals surface area contributed by atoms with E-state index in [0.29, 0.717) is 11.6 Å². The van der Waals surface area contributed by atoms with Crippen molar-refractivity contribution in [3.8, 4) is 11.4 Å². The first-order valence-corrected chi connectivity index (χ1v) is 8.94. The summed E-state index contributed by atoms with van der Waals surface area (Å²) < 4.78 is 5.53. The predicted octanol–water partition coefficient (Wildman–Crippen LogP) is 5.11. The Kier molecular flexibility index (Phi) is 4.78. The van der Waals surface area contributed by atoms with Crippen molar-refractivity contribution >= 4 is 17.7 Å². The second-order valence-electron chi connectivity index (χ2n) is 7.43. The molecule has 134 valence electrons. The second kappa shape index (κ2) is 6.71. The molecule has 3 rings (SSSR count). The Morgan fingerprint density at radius 2 is 2.16 bits per heavy atom. The third-order valence-electron chi connectivity index (χ3n) is 4.36. The van der Waals surface area contributed by atoms with Gasteiger partial charge in [-0.3, -0.25) is 4.90 Å². The lowest BCUT2D eigenvalue weighted by atomic mass is 10.1. The average Bonchev–Trinajstić information content (AvgIpc) is 3.16. The molecule has 1 N–H and O–H groups in total. The number of nitrogens with one attached hydrogen (secondary N) is 1. The molecule has 0 radical (unpaired) electrons. The maximum absolute atomic E-state index is 12.5. The molecule has 0 unspecified atom stereocenters. The number of nitrogens with zero attached hydrogens (tertiary/aromatic N) is 2. The van der Waals surface area contributed by atoms with Crippen LogP contribution in [0.2, 0.25) is 5.02 Å². The number of amides is 1. The fraction of sp³-hybridized carbons (Fsp3) is 0.474. The summed E-state index contributed by atoms with van der Waals surface area (Å²) in [6.07, 6.45) is 3.39. The van der Waals surface area contributed by atoms with Crippen LogP contribution in [0.5, 0.6) is 0 Å². The number of aromatic amines is 1. The zero-order chi connectivity index (χ0) is 18.2. The van der Waals surface area contributed by atoms with E-state index in [9.17, 15) is 4.79 Å². The lowest BCUT2D eigenvalue weighted by Crippen LogP contribution is -2.36. The molecule has 6 heteroatoms. The van der Waals surface area contributed by atoms with E-state index in [1.807, 2.05) is 52.1 Å². The summed E-state index contributed by atoms with van der Waals surface area (Å²) in [6, 6.07) is 5.74. The quantitative estimate of drug-likeness (QED) is 0.808. The summed E-state index contributed by atoms with van der Waals surface area (Å²) in [4.78, 5) is 22.1. The standard InChI is InChI=1S/C19H24ClN3O2/c1-12-13(7-5-8-14(12)20)17-21-11-15(22-17)16-9-6-10-23(16)18(24)25-19(2,3)4/h5,7-8,11,16H,6,9-10H2,1-4H3,(H,21,22)/t16-/m0/s1. The Labute approximate surface area is 153 Å². The molecule has 1 aliphatic heterocycles. The minimum Gasteiger partial charge on any atom is -0.444 e. The van der Waals surface area contributed by atoms with Crippen molar-refractivity contribution < 1.29 is 9.53 Å². The summed E-state index contributed by atoms with van der Waals surface area (Å²) >= 11 is 6.21. The van der Waals surface area contributed by atoms with E-state index in [1.165, 1.54) is 0 Å². The summed E-state index contributed by atoms with van der Waals surface area (Å²) in [5.41, 5.74) is 2.39. The Morgan fingerprint density at radius 1 is 1.40 bits per heavy atom. The van der Waals surface area contributed by atoms with Crippen LogP contribution in [-0.4, -0.2) is 33.1 Å². The highest BCUT2D eigenvalue weighted by Crippen LogP contribution is 2.34. The Morgan fingerprint density at radius 3 is 2.88 bits per heavy atom. The van der Waals surface area contributed by atoms with Gasteiger partial charge in [-0.2, -0.15) is 0 Å². The highest BCUT2D eigenvalue weighted by molar-refractivity contribution is 6.31. The van der Waals surface area contributed by atoms with Crippen LogP contribution in [0.25, 0.3) is 11.4 Å². The lowest BCUT2D eigenvalue weighted by Gasteiger charge is -2.28. The SMILES string of the molecule is Cc1c(Cl)cccc1-c1ncc([C@@H]2CCCN2C(=O)OC(C)(C)C)[nH]1. The number of ether oxygens (including phenoxy) is 1. The van der Waals surface area contributed by atoms with E-state index in [0.717, 1.165) is 35.5 Å². The first-order valence-electron chi connectivity index (χ1n) is 8.56. The van der Waals surface area contributed by atoms with Gasteiger partial charge in [0.25, 0.3) is 0 Å². The summed E-state index contributed by atoms with van der Waals surface area (Å²) in [6.45, 7) is 8.32. The second-order valence-corrected chi connectivity index (χ2v) is 7.84. The molecule has 1 aromatic heterocycles. The van der Waals surface area contributed by atoms with Crippen LogP contribution in [0.15, 0.2) is 24.4 Å². The van der Waals surface area contributed by atoms with Crippen molar-refractivity contribution in [3.05, 3.63) is 40.7 Å². The van der Waals surface area contributed by atoms with Crippen LogP contribution >= 0.6 is 11.6 Å². The fourth-order valence-corrected chi connectivity index (χ4v) is 3.31. The van der Waals surface area contributed by atoms with Gasteiger partial charge in [0, 0.05) is 17.1 Å². The van der Waals surface area contributed by atoms with E-state index < -0.39 is 5.60 Å². The zero-order valence-electron chi connectivity index (χ0n) is 15.1. The topological polar surface area (TPSA) is 58.2 Å². The number of benzene rings is 1. The monoisotopic (exact) mass is 361 g/mol. The van der Waals surface area contributed by atoms with Crippen molar-refractivity contribution in [1.82, 2.24) is 14.9 Å². The van der Waals surface area contributed by atoms with E-state index in [4.69, 9.17) is 16.3 Å². The van der Waals surface area contributed by atoms with Crippen LogP contribution < -0.4 is 0 Å². The molecule has 0 aliphatic carbocycles. The normalized spacial score (nSPS) is 17.8. The van der Waals surface area contributed by atoms with Gasteiger partial charge in [-0.15, -0.1) is 0 Å². The Bertz CT molecular complexity index is 779. The van der Waals surface area contributed by atoms with E-state index >= 15 is 0 Å². The fourth-order valence-electron chi connectivity index (χ4n) is 3.13. The van der Waals surface area contributed by atoms with Crippen LogP contribution in [0.1, 0.15) is 50.9 Å². The molecule has 1 aromatic carbocycles. The van der Waals surface area contributed by atoms with Crippen molar-refractivity contribution in [3.63, 3.8) is 0 Å². The van der Waals surface area contributed by atoms with Gasteiger partial charge in [-0.25, -0.2) is 9.78 Å². The van der Waals surface area contributed by atoms with Gasteiger partial charge in [-0.1, -0.05) is 23.7 Å². The molecule has 2 aromatic rings. The van der Waals surface area contributed by atoms with Gasteiger partial charge in [0.2, 0.25) is 0 Å². The highest BCUT2D eigenvalue weighted by Gasteiger charge is 2.34. The van der Waals surface area contributed by atoms with Crippen molar-refractivity contribution in [2.75, 3.05) is 6.54 Å². The van der Waals surface area contributed by atoms with E-state index in [1.54, 1.807) is 4.90 Å². The molecular weight excluding hydrogens is 338 g/mol. The summed E-state index contributed by atoms with van der Waals surface area (Å²) in [7, 11) is 0. The molecule has 1 aliphatic rings. The molecule has 1 amide bonds. The van der Waals surface area contributed by atoms with Gasteiger partial charge < -0.3 is 9.72 Å². The van der Waals surface area contributed by atoms with E-state index in [2.05, 4.69) is 9.97 Å². The molecule has 0 bridgehead atoms. The summed E-state index contributed by atoms with van der Waals surface area (Å²) in [5.74, 6) is 0.769. The summed E-state index contributed by atoms with van der Waals surface area (Å²) in [5, 5.41) is 0.715. The minimum absolute atomic E-state index is 0.0319. The number of rotatable bonds is 2. The number of hydrogen-bond acceptors (Lipinski definition) is 3. The van der Waals surface area contributed by atoms with Crippen LogP contribution in [0.4, 0.5) is 4.79 Å². The molecule has 5 nitrogen and oxygen atoms in total. The smallest absolute Gasteiger partial charge is 0.410 e. The zero-order valence-corrected chi connectivity index (χ0v) is 15.9. The molecule has 1 fully saturated rings. The van der Waals surface area contributed by atoms with Crippen LogP contribution in [0, 0.1) is 6.92 Å². The largest absolute Gasteiger partial charge is 0.444 e. The number of carbonyl (C=O) groups is 1. The third-order valence-corrected chi connectivity index (χ3v) is 4.77. The Balaban J connectivity index is 1.84. The minimum atomic E-state index is -0.499. The van der Waals surface area contributed by atoms with Gasteiger partial charge in [0.15, 0.2) is 0 Å². The van der Waals surface area contributed by atoms with Gasteiger partial charge in [0.1, 0.15) is 11.4 Å². The van der Waals surface area contributed by atoms with E-state index in [-0.39, 0.29) is 12.1 Å². The van der Waals surface area contributed by atoms with Crippen molar-refractivity contribution in [1.29, 1.82) is 0 Å². The first kappa shape index (κ1) is 17.8. The average molecular weight is 362 g/mol. The van der Waals surface area contributed by atoms with Gasteiger partial charge in [-0.05, 0) is 52.2 Å². The number of aromatic nitrogens is 2. The van der Waals surface area contributed by atoms with Crippen LogP contribution in [-0.2, 0) is 4.74 Å². The number of carbonyl (C=O) groups excluding carboxylic acids is 1. The van der Waals surface area contributed by atoms with Crippen LogP contribution in [0.3, 0.4) is 0 Å². The first-order chi connectivity index (χ1) is 11.8. The predicted molar refractivity (Wildman–Crippen MR) is 98.7 cm³/mol. The van der Waals surface area contributed by atoms with Gasteiger partial charge in [0.05, 0.1) is 17.9 Å². The molecule has 2 heterocycles. The molecule has 1 saturated heterocycles. The number of halogens is 1. The number of H-pyrrole nitrogens is 1. The molecular formula is C19H24ClN3O2. The third kappa shape index (κ3) is 3.82. The lowest BCUT2D eigenvalue weighted by molar-refractivity contribution is 0.0222. The maximum Gasteiger partial charge on any atom is 0.410 e. The van der Waals surface area contributed by atoms with Gasteiger partial charge >= 0.3 is 6.09 Å². The molecule has 1 atom stereocenters. The number of likely N-dealkylation sites (tertiary alicyclic amines) is 1. The Hall–Kier alpha value is -2.01. The molecule has 0 saturated carbocycles. The van der Waals surface area contributed by atoms with Crippen molar-refractivity contribution in [2.45, 2.75) is 52.2 Å². The molecule has 25 heavy (non-hydrogen) atoms. The highest BCUT2D eigenvalue weighted by atomic mass is 35.5.